The van der Waals surface area contributed by atoms with E-state index in [1.165, 1.54) is 6.07 Å². The number of fused-ring (bicyclic) bond motifs is 3. The van der Waals surface area contributed by atoms with E-state index in [1.54, 1.807) is 18.5 Å². The first kappa shape index (κ1) is 23.5. The van der Waals surface area contributed by atoms with Gasteiger partial charge in [0.2, 0.25) is 11.8 Å². The number of carbonyl (C=O) groups excluding carboxylic acids is 1. The number of anilines is 1. The first-order valence-corrected chi connectivity index (χ1v) is 13.0. The summed E-state index contributed by atoms with van der Waals surface area (Å²) >= 11 is 0. The number of nitrogens with zero attached hydrogens (tertiary/aromatic N) is 5. The Labute approximate surface area is 223 Å². The number of H-pyrrole nitrogens is 1. The van der Waals surface area contributed by atoms with Gasteiger partial charge in [0.1, 0.15) is 5.82 Å². The molecule has 2 aliphatic rings. The predicted octanol–water partition coefficient (Wildman–Crippen LogP) is 5.90. The fraction of sp³-hybridized carbons (Fsp3) is 0.233. The van der Waals surface area contributed by atoms with Gasteiger partial charge in [0.05, 0.1) is 5.69 Å². The fourth-order valence-electron chi connectivity index (χ4n) is 5.74. The summed E-state index contributed by atoms with van der Waals surface area (Å²) < 4.78 is 21.2. The summed E-state index contributed by atoms with van der Waals surface area (Å²) in [6.07, 6.45) is 4.69. The Bertz CT molecular complexity index is 1710. The largest absolute Gasteiger partial charge is 0.435 e. The number of aromatic amines is 1. The number of halogens is 1. The molecule has 5 aromatic rings. The van der Waals surface area contributed by atoms with Crippen LogP contribution in [0.1, 0.15) is 49.6 Å². The standard InChI is InChI=1S/C30H25FN6O2/c1-30(2,29-35-26-27(36-29)33-15-14-32-26)24-19-5-3-6-21(31)25(19)39-28-20(24)12-13-22(34-28)17-8-10-18(11-9-17)37-16-4-7-23(37)38/h3,5-6,8-15,24H,4,7,16H2,1-2H3,(H,32,33,35,36)/t24-/m0/s1. The lowest BCUT2D eigenvalue weighted by Gasteiger charge is -2.37. The summed E-state index contributed by atoms with van der Waals surface area (Å²) in [5.74, 6) is 0.606. The molecule has 1 saturated heterocycles. The second-order valence-corrected chi connectivity index (χ2v) is 10.5. The van der Waals surface area contributed by atoms with Crippen LogP contribution in [-0.2, 0) is 10.2 Å². The molecular weight excluding hydrogens is 495 g/mol. The summed E-state index contributed by atoms with van der Waals surface area (Å²) in [5.41, 5.74) is 4.52. The Morgan fingerprint density at radius 2 is 1.82 bits per heavy atom. The first-order valence-electron chi connectivity index (χ1n) is 13.0. The van der Waals surface area contributed by atoms with Crippen molar-refractivity contribution in [1.29, 1.82) is 0 Å². The lowest BCUT2D eigenvalue weighted by molar-refractivity contribution is -0.117. The molecule has 7 rings (SSSR count). The van der Waals surface area contributed by atoms with E-state index in [9.17, 15) is 4.79 Å². The highest BCUT2D eigenvalue weighted by Crippen LogP contribution is 2.52. The summed E-state index contributed by atoms with van der Waals surface area (Å²) in [4.78, 5) is 35.5. The topological polar surface area (TPSA) is 96.9 Å². The van der Waals surface area contributed by atoms with Crippen LogP contribution in [-0.4, -0.2) is 37.4 Å². The van der Waals surface area contributed by atoms with Crippen LogP contribution in [0.25, 0.3) is 22.6 Å². The molecule has 1 atom stereocenters. The van der Waals surface area contributed by atoms with Gasteiger partial charge < -0.3 is 14.6 Å². The number of aromatic nitrogens is 5. The highest BCUT2D eigenvalue weighted by Gasteiger charge is 2.43. The molecule has 3 aromatic heterocycles. The molecule has 0 bridgehead atoms. The zero-order chi connectivity index (χ0) is 26.7. The zero-order valence-electron chi connectivity index (χ0n) is 21.5. The molecule has 5 heterocycles. The first-order chi connectivity index (χ1) is 18.9. The number of pyridine rings is 1. The van der Waals surface area contributed by atoms with Gasteiger partial charge in [0.15, 0.2) is 22.9 Å². The van der Waals surface area contributed by atoms with Crippen molar-refractivity contribution >= 4 is 22.9 Å². The molecule has 194 valence electrons. The lowest BCUT2D eigenvalue weighted by Crippen LogP contribution is -2.32. The van der Waals surface area contributed by atoms with E-state index in [0.717, 1.165) is 35.3 Å². The van der Waals surface area contributed by atoms with Crippen LogP contribution >= 0.6 is 0 Å². The third-order valence-electron chi connectivity index (χ3n) is 7.72. The molecule has 2 aromatic carbocycles. The molecule has 0 saturated carbocycles. The van der Waals surface area contributed by atoms with Crippen LogP contribution in [0.4, 0.5) is 10.1 Å². The minimum Gasteiger partial charge on any atom is -0.435 e. The molecule has 0 spiro atoms. The molecule has 1 fully saturated rings. The summed E-state index contributed by atoms with van der Waals surface area (Å²) in [6, 6.07) is 16.7. The minimum atomic E-state index is -0.615. The number of benzene rings is 2. The van der Waals surface area contributed by atoms with Gasteiger partial charge in [-0.2, -0.15) is 0 Å². The second-order valence-electron chi connectivity index (χ2n) is 10.5. The van der Waals surface area contributed by atoms with Gasteiger partial charge in [-0.25, -0.2) is 24.3 Å². The van der Waals surface area contributed by atoms with E-state index in [2.05, 4.69) is 28.8 Å². The average molecular weight is 521 g/mol. The van der Waals surface area contributed by atoms with Crippen molar-refractivity contribution in [3.63, 3.8) is 0 Å². The fourth-order valence-corrected chi connectivity index (χ4v) is 5.74. The van der Waals surface area contributed by atoms with E-state index in [4.69, 9.17) is 14.7 Å². The van der Waals surface area contributed by atoms with Crippen molar-refractivity contribution in [3.8, 4) is 22.9 Å². The van der Waals surface area contributed by atoms with Crippen LogP contribution in [0.5, 0.6) is 11.6 Å². The monoisotopic (exact) mass is 520 g/mol. The highest BCUT2D eigenvalue weighted by molar-refractivity contribution is 5.95. The van der Waals surface area contributed by atoms with Gasteiger partial charge in [-0.15, -0.1) is 0 Å². The maximum Gasteiger partial charge on any atom is 0.227 e. The lowest BCUT2D eigenvalue weighted by atomic mass is 9.69. The number of hydrogen-bond acceptors (Lipinski definition) is 6. The van der Waals surface area contributed by atoms with Crippen LogP contribution < -0.4 is 9.64 Å². The number of amides is 1. The molecule has 0 aliphatic carbocycles. The summed E-state index contributed by atoms with van der Waals surface area (Å²) in [6.45, 7) is 4.86. The second kappa shape index (κ2) is 8.69. The van der Waals surface area contributed by atoms with E-state index >= 15 is 4.39 Å². The third-order valence-corrected chi connectivity index (χ3v) is 7.72. The molecule has 9 heteroatoms. The molecule has 2 aliphatic heterocycles. The van der Waals surface area contributed by atoms with Gasteiger partial charge in [-0.3, -0.25) is 4.79 Å². The maximum absolute atomic E-state index is 15.1. The maximum atomic E-state index is 15.1. The van der Waals surface area contributed by atoms with Crippen LogP contribution in [0.2, 0.25) is 0 Å². The number of hydrogen-bond donors (Lipinski definition) is 1. The van der Waals surface area contributed by atoms with Gasteiger partial charge in [-0.05, 0) is 30.7 Å². The zero-order valence-corrected chi connectivity index (χ0v) is 21.5. The Morgan fingerprint density at radius 3 is 2.59 bits per heavy atom. The smallest absolute Gasteiger partial charge is 0.227 e. The van der Waals surface area contributed by atoms with Crippen molar-refractivity contribution < 1.29 is 13.9 Å². The van der Waals surface area contributed by atoms with Gasteiger partial charge in [0.25, 0.3) is 0 Å². The molecule has 0 unspecified atom stereocenters. The Kier molecular flexibility index (Phi) is 5.23. The molecule has 0 radical (unpaired) electrons. The quantitative estimate of drug-likeness (QED) is 0.317. The Morgan fingerprint density at radius 1 is 1.00 bits per heavy atom. The molecule has 39 heavy (non-hydrogen) atoms. The molecule has 8 nitrogen and oxygen atoms in total. The van der Waals surface area contributed by atoms with Crippen LogP contribution in [0.3, 0.4) is 0 Å². The highest BCUT2D eigenvalue weighted by atomic mass is 19.1. The van der Waals surface area contributed by atoms with Crippen LogP contribution in [0, 0.1) is 5.82 Å². The van der Waals surface area contributed by atoms with E-state index in [-0.39, 0.29) is 17.6 Å². The van der Waals surface area contributed by atoms with Crippen molar-refractivity contribution in [2.75, 3.05) is 11.4 Å². The summed E-state index contributed by atoms with van der Waals surface area (Å²) in [7, 11) is 0. The minimum absolute atomic E-state index is 0.147. The number of nitrogens with one attached hydrogen (secondary N) is 1. The van der Waals surface area contributed by atoms with Crippen molar-refractivity contribution in [3.05, 3.63) is 89.8 Å². The summed E-state index contributed by atoms with van der Waals surface area (Å²) in [5, 5.41) is 0. The van der Waals surface area contributed by atoms with Gasteiger partial charge in [-0.1, -0.05) is 44.2 Å². The number of rotatable bonds is 4. The Balaban J connectivity index is 1.31. The normalized spacial score (nSPS) is 16.7. The molecule has 1 amide bonds. The SMILES string of the molecule is CC(C)(c1nc2nccnc2[nH]1)[C@@H]1c2ccc(-c3ccc(N4CCCC4=O)cc3)nc2Oc2c(F)cccc21. The van der Waals surface area contributed by atoms with E-state index in [0.29, 0.717) is 35.1 Å². The number of imidazole rings is 1. The van der Waals surface area contributed by atoms with Crippen molar-refractivity contribution in [2.24, 2.45) is 0 Å². The predicted molar refractivity (Wildman–Crippen MR) is 144 cm³/mol. The van der Waals surface area contributed by atoms with Gasteiger partial charge in [0, 0.05) is 59.1 Å². The van der Waals surface area contributed by atoms with Crippen molar-refractivity contribution in [1.82, 2.24) is 24.9 Å². The van der Waals surface area contributed by atoms with E-state index in [1.807, 2.05) is 47.4 Å². The average Bonchev–Trinajstić information content (AvgIpc) is 3.59. The molecule has 1 N–H and O–H groups in total. The number of para-hydroxylation sites is 1. The van der Waals surface area contributed by atoms with Crippen molar-refractivity contribution in [2.45, 2.75) is 38.0 Å². The van der Waals surface area contributed by atoms with E-state index < -0.39 is 11.2 Å². The Hall–Kier alpha value is -4.66. The number of carbonyl (C=O) groups is 1. The van der Waals surface area contributed by atoms with Crippen LogP contribution in [0.15, 0.2) is 67.0 Å². The third kappa shape index (κ3) is 3.76. The van der Waals surface area contributed by atoms with Gasteiger partial charge >= 0.3 is 0 Å². The molecular formula is C30H25FN6O2. The number of ether oxygens (including phenoxy) is 1.